The monoisotopic (exact) mass is 174 g/mol. The summed E-state index contributed by atoms with van der Waals surface area (Å²) in [5.74, 6) is 0. The maximum atomic E-state index is 11.1. The summed E-state index contributed by atoms with van der Waals surface area (Å²) in [5.41, 5.74) is 0. The largest absolute Gasteiger partial charge is 0.215 e. The number of rotatable bonds is 3. The van der Waals surface area contributed by atoms with Crippen LogP contribution in [0.15, 0.2) is 0 Å². The Morgan fingerprint density at radius 1 is 1.64 bits per heavy atom. The van der Waals surface area contributed by atoms with Gasteiger partial charge < -0.3 is 0 Å². The third-order valence-electron chi connectivity index (χ3n) is 1.50. The van der Waals surface area contributed by atoms with E-state index in [0.717, 1.165) is 12.8 Å². The van der Waals surface area contributed by atoms with Crippen molar-refractivity contribution in [2.24, 2.45) is 0 Å². The molecule has 1 unspecified atom stereocenters. The van der Waals surface area contributed by atoms with Gasteiger partial charge in [-0.3, -0.25) is 0 Å². The van der Waals surface area contributed by atoms with Gasteiger partial charge in [-0.15, -0.1) is 0 Å². The van der Waals surface area contributed by atoms with Crippen LogP contribution in [0, 0.1) is 11.3 Å². The Morgan fingerprint density at radius 3 is 2.55 bits per heavy atom. The standard InChI is InChI=1S/C6H10N2O2S/c1-5(4-7)8-11(9,10)6-2-3-6/h5-6,8H,2-3H2,1H3. The highest BCUT2D eigenvalue weighted by molar-refractivity contribution is 7.90. The molecule has 4 nitrogen and oxygen atoms in total. The highest BCUT2D eigenvalue weighted by atomic mass is 32.2. The molecule has 1 saturated carbocycles. The van der Waals surface area contributed by atoms with Crippen molar-refractivity contribution in [3.05, 3.63) is 0 Å². The van der Waals surface area contributed by atoms with Gasteiger partial charge >= 0.3 is 0 Å². The van der Waals surface area contributed by atoms with Gasteiger partial charge in [-0.25, -0.2) is 8.42 Å². The smallest absolute Gasteiger partial charge is 0.212 e. The van der Waals surface area contributed by atoms with E-state index in [1.165, 1.54) is 6.92 Å². The molecule has 11 heavy (non-hydrogen) atoms. The molecule has 0 aromatic heterocycles. The Labute approximate surface area is 66.3 Å². The average molecular weight is 174 g/mol. The van der Waals surface area contributed by atoms with Gasteiger partial charge in [0.05, 0.1) is 11.3 Å². The molecule has 1 aliphatic rings. The minimum absolute atomic E-state index is 0.238. The van der Waals surface area contributed by atoms with E-state index in [0.29, 0.717) is 0 Å². The topological polar surface area (TPSA) is 70.0 Å². The molecule has 0 aliphatic heterocycles. The molecule has 5 heteroatoms. The maximum absolute atomic E-state index is 11.1. The van der Waals surface area contributed by atoms with Gasteiger partial charge in [0.2, 0.25) is 10.0 Å². The van der Waals surface area contributed by atoms with Crippen LogP contribution in [0.25, 0.3) is 0 Å². The summed E-state index contributed by atoms with van der Waals surface area (Å²) in [4.78, 5) is 0. The number of hydrogen-bond acceptors (Lipinski definition) is 3. The number of nitriles is 1. The van der Waals surface area contributed by atoms with E-state index in [1.54, 1.807) is 0 Å². The predicted octanol–water partition coefficient (Wildman–Crippen LogP) is -0.0197. The number of nitrogens with zero attached hydrogens (tertiary/aromatic N) is 1. The number of nitrogens with one attached hydrogen (secondary N) is 1. The first-order valence-corrected chi connectivity index (χ1v) is 5.01. The number of hydrogen-bond donors (Lipinski definition) is 1. The zero-order valence-electron chi connectivity index (χ0n) is 6.24. The predicted molar refractivity (Wildman–Crippen MR) is 40.2 cm³/mol. The summed E-state index contributed by atoms with van der Waals surface area (Å²) in [6, 6.07) is 1.20. The quantitative estimate of drug-likeness (QED) is 0.653. The van der Waals surface area contributed by atoms with Crippen LogP contribution in [-0.4, -0.2) is 19.7 Å². The number of sulfonamides is 1. The third kappa shape index (κ3) is 2.17. The van der Waals surface area contributed by atoms with Crippen molar-refractivity contribution in [3.8, 4) is 6.07 Å². The molecule has 0 spiro atoms. The molecule has 0 heterocycles. The second-order valence-corrected chi connectivity index (χ2v) is 4.71. The van der Waals surface area contributed by atoms with Crippen molar-refractivity contribution in [3.63, 3.8) is 0 Å². The summed E-state index contributed by atoms with van der Waals surface area (Å²) in [6.45, 7) is 1.53. The fourth-order valence-electron chi connectivity index (χ4n) is 0.747. The van der Waals surface area contributed by atoms with Crippen molar-refractivity contribution in [2.75, 3.05) is 0 Å². The molecule has 1 atom stereocenters. The van der Waals surface area contributed by atoms with Crippen LogP contribution in [0.4, 0.5) is 0 Å². The molecule has 62 valence electrons. The lowest BCUT2D eigenvalue weighted by Gasteiger charge is -2.04. The lowest BCUT2D eigenvalue weighted by atomic mass is 10.4. The third-order valence-corrected chi connectivity index (χ3v) is 3.53. The van der Waals surface area contributed by atoms with Crippen LogP contribution < -0.4 is 4.72 Å². The van der Waals surface area contributed by atoms with E-state index in [9.17, 15) is 8.42 Å². The zero-order valence-corrected chi connectivity index (χ0v) is 7.06. The van der Waals surface area contributed by atoms with Gasteiger partial charge in [-0.1, -0.05) is 0 Å². The molecule has 0 aromatic carbocycles. The molecule has 1 rings (SSSR count). The van der Waals surface area contributed by atoms with Gasteiger partial charge in [0.1, 0.15) is 6.04 Å². The van der Waals surface area contributed by atoms with E-state index in [2.05, 4.69) is 4.72 Å². The Balaban J connectivity index is 2.54. The van der Waals surface area contributed by atoms with Crippen molar-refractivity contribution >= 4 is 10.0 Å². The van der Waals surface area contributed by atoms with Crippen LogP contribution in [0.5, 0.6) is 0 Å². The van der Waals surface area contributed by atoms with Crippen molar-refractivity contribution in [1.82, 2.24) is 4.72 Å². The molecular weight excluding hydrogens is 164 g/mol. The summed E-state index contributed by atoms with van der Waals surface area (Å²) < 4.78 is 24.5. The van der Waals surface area contributed by atoms with Gasteiger partial charge in [0.15, 0.2) is 0 Å². The molecule has 0 saturated heterocycles. The van der Waals surface area contributed by atoms with Crippen molar-refractivity contribution < 1.29 is 8.42 Å². The Hall–Kier alpha value is -0.600. The Kier molecular flexibility index (Phi) is 2.16. The normalized spacial score (nSPS) is 20.7. The minimum atomic E-state index is -3.17. The van der Waals surface area contributed by atoms with Gasteiger partial charge in [0, 0.05) is 0 Å². The minimum Gasteiger partial charge on any atom is -0.212 e. The molecular formula is C6H10N2O2S. The molecule has 1 aliphatic carbocycles. The maximum Gasteiger partial charge on any atom is 0.215 e. The van der Waals surface area contributed by atoms with Gasteiger partial charge in [-0.2, -0.15) is 9.98 Å². The highest BCUT2D eigenvalue weighted by Crippen LogP contribution is 2.27. The first-order valence-electron chi connectivity index (χ1n) is 3.47. The van der Waals surface area contributed by atoms with Crippen molar-refractivity contribution in [2.45, 2.75) is 31.1 Å². The first kappa shape index (κ1) is 8.50. The van der Waals surface area contributed by atoms with Crippen LogP contribution in [0.1, 0.15) is 19.8 Å². The molecule has 0 amide bonds. The SMILES string of the molecule is CC(C#N)NS(=O)(=O)C1CC1. The molecule has 1 fully saturated rings. The van der Waals surface area contributed by atoms with E-state index >= 15 is 0 Å². The lowest BCUT2D eigenvalue weighted by molar-refractivity contribution is 0.575. The second kappa shape index (κ2) is 2.80. The summed E-state index contributed by atoms with van der Waals surface area (Å²) >= 11 is 0. The van der Waals surface area contributed by atoms with E-state index in [1.807, 2.05) is 6.07 Å². The molecule has 1 N–H and O–H groups in total. The van der Waals surface area contributed by atoms with Gasteiger partial charge in [-0.05, 0) is 19.8 Å². The first-order chi connectivity index (χ1) is 5.06. The second-order valence-electron chi connectivity index (χ2n) is 2.71. The van der Waals surface area contributed by atoms with Crippen LogP contribution in [0.2, 0.25) is 0 Å². The average Bonchev–Trinajstić information content (AvgIpc) is 2.66. The molecule has 0 bridgehead atoms. The van der Waals surface area contributed by atoms with E-state index in [-0.39, 0.29) is 5.25 Å². The lowest BCUT2D eigenvalue weighted by Crippen LogP contribution is -2.33. The van der Waals surface area contributed by atoms with Crippen LogP contribution in [0.3, 0.4) is 0 Å². The Morgan fingerprint density at radius 2 is 2.18 bits per heavy atom. The summed E-state index contributed by atoms with van der Waals surface area (Å²) in [6.07, 6.45) is 1.46. The van der Waals surface area contributed by atoms with Crippen LogP contribution >= 0.6 is 0 Å². The van der Waals surface area contributed by atoms with E-state index in [4.69, 9.17) is 5.26 Å². The van der Waals surface area contributed by atoms with Crippen LogP contribution in [-0.2, 0) is 10.0 Å². The fraction of sp³-hybridized carbons (Fsp3) is 0.833. The van der Waals surface area contributed by atoms with Crippen molar-refractivity contribution in [1.29, 1.82) is 5.26 Å². The van der Waals surface area contributed by atoms with E-state index < -0.39 is 16.1 Å². The summed E-state index contributed by atoms with van der Waals surface area (Å²) in [5, 5.41) is 8.09. The Bertz CT molecular complexity index is 273. The molecule has 0 radical (unpaired) electrons. The fourth-order valence-corrected chi connectivity index (χ4v) is 2.24. The highest BCUT2D eigenvalue weighted by Gasteiger charge is 2.36. The zero-order chi connectivity index (χ0) is 8.48. The van der Waals surface area contributed by atoms with Gasteiger partial charge in [0.25, 0.3) is 0 Å². The molecule has 0 aromatic rings. The summed E-state index contributed by atoms with van der Waals surface area (Å²) in [7, 11) is -3.17.